The Balaban J connectivity index is 1.58. The molecule has 3 aromatic carbocycles. The van der Waals surface area contributed by atoms with Crippen LogP contribution in [-0.2, 0) is 0 Å². The molecule has 8 heteroatoms. The number of carbonyl (C=O) groups is 1. The van der Waals surface area contributed by atoms with E-state index >= 15 is 0 Å². The van der Waals surface area contributed by atoms with Gasteiger partial charge in [0.25, 0.3) is 5.91 Å². The zero-order valence-corrected chi connectivity index (χ0v) is 18.8. The van der Waals surface area contributed by atoms with Crippen molar-refractivity contribution in [2.75, 3.05) is 11.5 Å². The van der Waals surface area contributed by atoms with Gasteiger partial charge in [-0.25, -0.2) is 9.37 Å². The number of amides is 1. The van der Waals surface area contributed by atoms with Crippen LogP contribution in [0.4, 0.5) is 9.52 Å². The minimum atomic E-state index is -0.795. The van der Waals surface area contributed by atoms with Gasteiger partial charge in [-0.3, -0.25) is 14.5 Å². The highest BCUT2D eigenvalue weighted by Crippen LogP contribution is 2.44. The van der Waals surface area contributed by atoms with Crippen molar-refractivity contribution in [1.29, 1.82) is 0 Å². The Labute approximate surface area is 196 Å². The Bertz CT molecular complexity index is 1640. The van der Waals surface area contributed by atoms with Crippen molar-refractivity contribution in [1.82, 2.24) is 4.98 Å². The number of anilines is 1. The highest BCUT2D eigenvalue weighted by atomic mass is 32.1. The molecule has 34 heavy (non-hydrogen) atoms. The van der Waals surface area contributed by atoms with Crippen molar-refractivity contribution in [2.45, 2.75) is 13.0 Å². The number of fused-ring (bicyclic) bond motifs is 3. The maximum Gasteiger partial charge on any atom is 0.297 e. The number of benzene rings is 3. The predicted molar refractivity (Wildman–Crippen MR) is 128 cm³/mol. The fourth-order valence-electron chi connectivity index (χ4n) is 4.33. The summed E-state index contributed by atoms with van der Waals surface area (Å²) < 4.78 is 26.1. The van der Waals surface area contributed by atoms with E-state index in [2.05, 4.69) is 4.98 Å². The molecule has 2 aromatic heterocycles. The summed E-state index contributed by atoms with van der Waals surface area (Å²) >= 11 is 1.32. The first-order chi connectivity index (χ1) is 16.5. The van der Waals surface area contributed by atoms with Gasteiger partial charge in [0, 0.05) is 0 Å². The molecule has 0 saturated heterocycles. The number of rotatable bonds is 4. The van der Waals surface area contributed by atoms with Crippen LogP contribution >= 0.6 is 11.3 Å². The second kappa shape index (κ2) is 7.78. The fraction of sp³-hybridized carbons (Fsp3) is 0.115. The lowest BCUT2D eigenvalue weighted by Crippen LogP contribution is -2.29. The van der Waals surface area contributed by atoms with E-state index in [-0.39, 0.29) is 16.8 Å². The van der Waals surface area contributed by atoms with E-state index in [1.807, 2.05) is 25.1 Å². The Kier molecular flexibility index (Phi) is 4.70. The van der Waals surface area contributed by atoms with Gasteiger partial charge in [-0.15, -0.1) is 0 Å². The number of nitrogens with zero attached hydrogens (tertiary/aromatic N) is 2. The van der Waals surface area contributed by atoms with Gasteiger partial charge in [0.2, 0.25) is 5.76 Å². The zero-order valence-electron chi connectivity index (χ0n) is 17.9. The summed E-state index contributed by atoms with van der Waals surface area (Å²) in [5.74, 6) is -0.184. The maximum atomic E-state index is 13.7. The van der Waals surface area contributed by atoms with E-state index in [9.17, 15) is 14.0 Å². The van der Waals surface area contributed by atoms with Crippen molar-refractivity contribution in [2.24, 2.45) is 0 Å². The summed E-state index contributed by atoms with van der Waals surface area (Å²) in [6.07, 6.45) is 0. The third-order valence-corrected chi connectivity index (χ3v) is 6.85. The van der Waals surface area contributed by atoms with E-state index in [1.165, 1.54) is 28.4 Å². The number of aromatic nitrogens is 1. The fourth-order valence-corrected chi connectivity index (χ4v) is 5.35. The molecule has 1 amide bonds. The number of para-hydroxylation sites is 1. The van der Waals surface area contributed by atoms with Crippen molar-refractivity contribution in [3.8, 4) is 5.75 Å². The Morgan fingerprint density at radius 1 is 1.09 bits per heavy atom. The van der Waals surface area contributed by atoms with Gasteiger partial charge in [0.15, 0.2) is 10.6 Å². The number of carbonyl (C=O) groups excluding carboxylic acids is 1. The summed E-state index contributed by atoms with van der Waals surface area (Å²) in [5, 5.41) is 0.798. The largest absolute Gasteiger partial charge is 0.494 e. The molecule has 0 aliphatic carbocycles. The SMILES string of the molecule is CCOc1ccc2nc(N3C(=O)c4oc5ccccc5c(=O)c4C3c3ccc(F)cc3)sc2c1. The Morgan fingerprint density at radius 3 is 2.68 bits per heavy atom. The van der Waals surface area contributed by atoms with Crippen molar-refractivity contribution in [3.05, 3.63) is 99.7 Å². The van der Waals surface area contributed by atoms with Crippen LogP contribution < -0.4 is 15.1 Å². The standard InChI is InChI=1S/C26H17FN2O4S/c1-2-32-16-11-12-18-20(13-16)34-26(28-18)29-22(14-7-9-15(27)10-8-14)21-23(30)17-5-3-4-6-19(17)33-24(21)25(29)31/h3-13,22H,2H2,1H3. The van der Waals surface area contributed by atoms with Gasteiger partial charge in [0.1, 0.15) is 17.1 Å². The molecule has 1 atom stereocenters. The number of ether oxygens (including phenoxy) is 1. The molecular formula is C26H17FN2O4S. The van der Waals surface area contributed by atoms with Gasteiger partial charge in [-0.05, 0) is 55.0 Å². The molecular weight excluding hydrogens is 455 g/mol. The third-order valence-electron chi connectivity index (χ3n) is 5.83. The molecule has 6 nitrogen and oxygen atoms in total. The number of hydrogen-bond acceptors (Lipinski definition) is 6. The van der Waals surface area contributed by atoms with Crippen molar-refractivity contribution >= 4 is 43.6 Å². The first-order valence-corrected chi connectivity index (χ1v) is 11.5. The van der Waals surface area contributed by atoms with Gasteiger partial charge in [0.05, 0.1) is 33.8 Å². The average molecular weight is 472 g/mol. The van der Waals surface area contributed by atoms with Gasteiger partial charge < -0.3 is 9.15 Å². The van der Waals surface area contributed by atoms with E-state index in [1.54, 1.807) is 36.4 Å². The van der Waals surface area contributed by atoms with Crippen LogP contribution in [0.1, 0.15) is 34.6 Å². The van der Waals surface area contributed by atoms with E-state index in [0.29, 0.717) is 39.5 Å². The van der Waals surface area contributed by atoms with Crippen LogP contribution in [0.25, 0.3) is 21.2 Å². The summed E-state index contributed by atoms with van der Waals surface area (Å²) in [4.78, 5) is 33.3. The smallest absolute Gasteiger partial charge is 0.297 e. The molecule has 0 fully saturated rings. The highest BCUT2D eigenvalue weighted by Gasteiger charge is 2.45. The molecule has 3 heterocycles. The maximum absolute atomic E-state index is 13.7. The van der Waals surface area contributed by atoms with Crippen molar-refractivity contribution in [3.63, 3.8) is 0 Å². The first-order valence-electron chi connectivity index (χ1n) is 10.7. The lowest BCUT2D eigenvalue weighted by molar-refractivity contribution is 0.0971. The molecule has 1 unspecified atom stereocenters. The summed E-state index contributed by atoms with van der Waals surface area (Å²) in [6.45, 7) is 2.44. The molecule has 1 aliphatic rings. The highest BCUT2D eigenvalue weighted by molar-refractivity contribution is 7.22. The lowest BCUT2D eigenvalue weighted by Gasteiger charge is -2.22. The van der Waals surface area contributed by atoms with Crippen LogP contribution in [0.3, 0.4) is 0 Å². The Hall–Kier alpha value is -4.04. The van der Waals surface area contributed by atoms with E-state index < -0.39 is 17.8 Å². The second-order valence-corrected chi connectivity index (χ2v) is 8.87. The molecule has 0 saturated carbocycles. The monoisotopic (exact) mass is 472 g/mol. The van der Waals surface area contributed by atoms with Crippen molar-refractivity contribution < 1.29 is 18.3 Å². The molecule has 6 rings (SSSR count). The number of halogens is 1. The topological polar surface area (TPSA) is 72.6 Å². The van der Waals surface area contributed by atoms with Crippen LogP contribution in [0.15, 0.2) is 75.9 Å². The molecule has 1 aliphatic heterocycles. The third kappa shape index (κ3) is 3.10. The van der Waals surface area contributed by atoms with E-state index in [0.717, 1.165) is 4.70 Å². The number of hydrogen-bond donors (Lipinski definition) is 0. The molecule has 0 spiro atoms. The minimum absolute atomic E-state index is 0.0210. The normalized spacial score (nSPS) is 15.3. The lowest BCUT2D eigenvalue weighted by atomic mass is 9.99. The van der Waals surface area contributed by atoms with Crippen LogP contribution in [0.2, 0.25) is 0 Å². The predicted octanol–water partition coefficient (Wildman–Crippen LogP) is 5.69. The average Bonchev–Trinajstić information content (AvgIpc) is 3.38. The molecule has 5 aromatic rings. The van der Waals surface area contributed by atoms with Gasteiger partial charge >= 0.3 is 0 Å². The quantitative estimate of drug-likeness (QED) is 0.336. The zero-order chi connectivity index (χ0) is 23.4. The Morgan fingerprint density at radius 2 is 1.88 bits per heavy atom. The van der Waals surface area contributed by atoms with Crippen LogP contribution in [-0.4, -0.2) is 17.5 Å². The minimum Gasteiger partial charge on any atom is -0.494 e. The van der Waals surface area contributed by atoms with Crippen LogP contribution in [0.5, 0.6) is 5.75 Å². The molecule has 0 N–H and O–H groups in total. The summed E-state index contributed by atoms with van der Waals surface area (Å²) in [6, 6.07) is 17.3. The molecule has 0 bridgehead atoms. The second-order valence-electron chi connectivity index (χ2n) is 7.86. The van der Waals surface area contributed by atoms with Gasteiger partial charge in [-0.1, -0.05) is 35.6 Å². The van der Waals surface area contributed by atoms with Gasteiger partial charge in [-0.2, -0.15) is 0 Å². The number of thiazole rings is 1. The summed E-state index contributed by atoms with van der Waals surface area (Å²) in [5.41, 5.74) is 1.57. The van der Waals surface area contributed by atoms with E-state index in [4.69, 9.17) is 9.15 Å². The van der Waals surface area contributed by atoms with Crippen LogP contribution in [0, 0.1) is 5.82 Å². The summed E-state index contributed by atoms with van der Waals surface area (Å²) in [7, 11) is 0. The first kappa shape index (κ1) is 20.6. The molecule has 0 radical (unpaired) electrons. The molecule has 168 valence electrons.